The molecular weight excluding hydrogens is 349 g/mol. The number of fused-ring (bicyclic) bond motifs is 1. The lowest BCUT2D eigenvalue weighted by molar-refractivity contribution is -0.114. The quantitative estimate of drug-likeness (QED) is 0.690. The van der Waals surface area contributed by atoms with E-state index in [2.05, 4.69) is 20.5 Å². The number of nitrogens with one attached hydrogen (secondary N) is 2. The molecule has 0 bridgehead atoms. The van der Waals surface area contributed by atoms with Gasteiger partial charge in [-0.2, -0.15) is 10.4 Å². The fourth-order valence-corrected chi connectivity index (χ4v) is 2.74. The van der Waals surface area contributed by atoms with Gasteiger partial charge in [0, 0.05) is 11.5 Å². The van der Waals surface area contributed by atoms with Gasteiger partial charge in [-0.3, -0.25) is 9.89 Å². The largest absolute Gasteiger partial charge is 0.481 e. The van der Waals surface area contributed by atoms with Gasteiger partial charge in [0.05, 0.1) is 35.8 Å². The summed E-state index contributed by atoms with van der Waals surface area (Å²) in [5, 5.41) is 19.2. The molecule has 2 aromatic heterocycles. The number of amides is 1. The number of aromatic nitrogens is 3. The predicted molar refractivity (Wildman–Crippen MR) is 98.8 cm³/mol. The average molecular weight is 365 g/mol. The Morgan fingerprint density at radius 2 is 2.19 bits per heavy atom. The second kappa shape index (κ2) is 7.25. The molecule has 8 heteroatoms. The summed E-state index contributed by atoms with van der Waals surface area (Å²) in [7, 11) is 1.49. The molecule has 1 amide bonds. The lowest BCUT2D eigenvalue weighted by Crippen LogP contribution is -2.14. The second-order valence-corrected chi connectivity index (χ2v) is 5.86. The first-order chi connectivity index (χ1) is 12.9. The van der Waals surface area contributed by atoms with Crippen molar-refractivity contribution in [2.45, 2.75) is 13.8 Å². The number of carbonyl (C=O) groups is 1. The van der Waals surface area contributed by atoms with Gasteiger partial charge in [-0.1, -0.05) is 12.1 Å². The normalized spacial score (nSPS) is 11.3. The number of halogens is 1. The highest BCUT2D eigenvalue weighted by atomic mass is 19.1. The summed E-state index contributed by atoms with van der Waals surface area (Å²) >= 11 is 0. The van der Waals surface area contributed by atoms with Crippen molar-refractivity contribution in [2.75, 3.05) is 12.4 Å². The summed E-state index contributed by atoms with van der Waals surface area (Å²) in [6, 6.07) is 6.91. The van der Waals surface area contributed by atoms with Crippen molar-refractivity contribution >= 4 is 28.6 Å². The van der Waals surface area contributed by atoms with Crippen molar-refractivity contribution in [3.8, 4) is 11.9 Å². The van der Waals surface area contributed by atoms with Crippen molar-refractivity contribution in [1.82, 2.24) is 15.2 Å². The summed E-state index contributed by atoms with van der Waals surface area (Å²) < 4.78 is 19.6. The number of anilines is 1. The SMILES string of the molecule is COc1cc(C)c(NC(=O)/C(F)=C/c2ccc3cn[nH]c3c2C#N)c(C)n1. The maximum atomic E-state index is 14.5. The molecule has 0 unspecified atom stereocenters. The van der Waals surface area contributed by atoms with Gasteiger partial charge in [-0.05, 0) is 31.1 Å². The molecule has 0 aliphatic rings. The zero-order valence-corrected chi connectivity index (χ0v) is 14.9. The highest BCUT2D eigenvalue weighted by Gasteiger charge is 2.16. The molecule has 136 valence electrons. The molecule has 1 aromatic carbocycles. The van der Waals surface area contributed by atoms with Crippen molar-refractivity contribution in [2.24, 2.45) is 0 Å². The van der Waals surface area contributed by atoms with Gasteiger partial charge >= 0.3 is 0 Å². The Morgan fingerprint density at radius 1 is 1.41 bits per heavy atom. The molecule has 0 fully saturated rings. The minimum atomic E-state index is -1.03. The zero-order valence-electron chi connectivity index (χ0n) is 14.9. The van der Waals surface area contributed by atoms with Crippen LogP contribution in [0.2, 0.25) is 0 Å². The van der Waals surface area contributed by atoms with Gasteiger partial charge in [0.2, 0.25) is 5.88 Å². The monoisotopic (exact) mass is 365 g/mol. The number of methoxy groups -OCH3 is 1. The summed E-state index contributed by atoms with van der Waals surface area (Å²) in [5.41, 5.74) is 2.59. The first-order valence-corrected chi connectivity index (χ1v) is 8.01. The lowest BCUT2D eigenvalue weighted by Gasteiger charge is -2.12. The van der Waals surface area contributed by atoms with Crippen LogP contribution >= 0.6 is 0 Å². The van der Waals surface area contributed by atoms with Crippen LogP contribution in [0.1, 0.15) is 22.4 Å². The predicted octanol–water partition coefficient (Wildman–Crippen LogP) is 3.40. The number of benzene rings is 1. The first kappa shape index (κ1) is 18.1. The third-order valence-electron chi connectivity index (χ3n) is 4.08. The van der Waals surface area contributed by atoms with Crippen molar-refractivity contribution in [3.05, 3.63) is 52.6 Å². The van der Waals surface area contributed by atoms with Gasteiger partial charge in [0.15, 0.2) is 5.83 Å². The number of rotatable bonds is 4. The number of nitrogens with zero attached hydrogens (tertiary/aromatic N) is 3. The number of nitriles is 1. The van der Waals surface area contributed by atoms with E-state index in [1.54, 1.807) is 38.2 Å². The van der Waals surface area contributed by atoms with E-state index >= 15 is 0 Å². The number of pyridine rings is 1. The Labute approximate surface area is 154 Å². The van der Waals surface area contributed by atoms with Crippen LogP contribution < -0.4 is 10.1 Å². The van der Waals surface area contributed by atoms with Crippen LogP contribution in [0.25, 0.3) is 17.0 Å². The van der Waals surface area contributed by atoms with Crippen LogP contribution in [-0.2, 0) is 4.79 Å². The topological polar surface area (TPSA) is 104 Å². The molecule has 27 heavy (non-hydrogen) atoms. The first-order valence-electron chi connectivity index (χ1n) is 8.01. The van der Waals surface area contributed by atoms with Gasteiger partial charge in [0.1, 0.15) is 6.07 Å². The molecule has 0 aliphatic carbocycles. The molecule has 0 spiro atoms. The van der Waals surface area contributed by atoms with Gasteiger partial charge in [-0.15, -0.1) is 0 Å². The van der Waals surface area contributed by atoms with Crippen LogP contribution in [-0.4, -0.2) is 28.2 Å². The molecule has 2 heterocycles. The van der Waals surface area contributed by atoms with Gasteiger partial charge in [-0.25, -0.2) is 9.37 Å². The number of ether oxygens (including phenoxy) is 1. The van der Waals surface area contributed by atoms with Crippen LogP contribution in [0, 0.1) is 25.2 Å². The number of aryl methyl sites for hydroxylation is 2. The molecule has 2 N–H and O–H groups in total. The highest BCUT2D eigenvalue weighted by molar-refractivity contribution is 6.06. The molecule has 0 radical (unpaired) electrons. The minimum Gasteiger partial charge on any atom is -0.481 e. The molecule has 0 saturated carbocycles. The summed E-state index contributed by atoms with van der Waals surface area (Å²) in [4.78, 5) is 16.4. The van der Waals surface area contributed by atoms with Crippen LogP contribution in [0.4, 0.5) is 10.1 Å². The molecule has 3 rings (SSSR count). The average Bonchev–Trinajstić information content (AvgIpc) is 3.12. The third-order valence-corrected chi connectivity index (χ3v) is 4.08. The Balaban J connectivity index is 1.91. The summed E-state index contributed by atoms with van der Waals surface area (Å²) in [5.74, 6) is -1.55. The van der Waals surface area contributed by atoms with Gasteiger partial charge in [0.25, 0.3) is 5.91 Å². The molecule has 0 saturated heterocycles. The van der Waals surface area contributed by atoms with Crippen molar-refractivity contribution in [3.63, 3.8) is 0 Å². The Kier molecular flexibility index (Phi) is 4.86. The van der Waals surface area contributed by atoms with E-state index in [1.165, 1.54) is 7.11 Å². The highest BCUT2D eigenvalue weighted by Crippen LogP contribution is 2.25. The van der Waals surface area contributed by atoms with E-state index < -0.39 is 11.7 Å². The molecule has 0 atom stereocenters. The van der Waals surface area contributed by atoms with E-state index in [1.807, 2.05) is 6.07 Å². The Hall–Kier alpha value is -3.73. The number of H-pyrrole nitrogens is 1. The molecule has 7 nitrogen and oxygen atoms in total. The second-order valence-electron chi connectivity index (χ2n) is 5.86. The van der Waals surface area contributed by atoms with E-state index in [-0.39, 0.29) is 11.1 Å². The molecular formula is C19H16FN5O2. The maximum Gasteiger partial charge on any atom is 0.284 e. The van der Waals surface area contributed by atoms with Crippen LogP contribution in [0.3, 0.4) is 0 Å². The fraction of sp³-hybridized carbons (Fsp3) is 0.158. The summed E-state index contributed by atoms with van der Waals surface area (Å²) in [6.45, 7) is 3.45. The smallest absolute Gasteiger partial charge is 0.284 e. The van der Waals surface area contributed by atoms with Gasteiger partial charge < -0.3 is 10.1 Å². The van der Waals surface area contributed by atoms with E-state index in [0.717, 1.165) is 11.5 Å². The number of hydrogen-bond donors (Lipinski definition) is 2. The van der Waals surface area contributed by atoms with E-state index in [0.29, 0.717) is 28.3 Å². The van der Waals surface area contributed by atoms with Crippen molar-refractivity contribution < 1.29 is 13.9 Å². The number of hydrogen-bond acceptors (Lipinski definition) is 5. The zero-order chi connectivity index (χ0) is 19.6. The molecule has 0 aliphatic heterocycles. The van der Waals surface area contributed by atoms with E-state index in [9.17, 15) is 14.4 Å². The Bertz CT molecular complexity index is 1090. The lowest BCUT2D eigenvalue weighted by atomic mass is 10.0. The third kappa shape index (κ3) is 3.48. The number of aromatic amines is 1. The molecule has 3 aromatic rings. The fourth-order valence-electron chi connectivity index (χ4n) is 2.74. The Morgan fingerprint density at radius 3 is 2.85 bits per heavy atom. The summed E-state index contributed by atoms with van der Waals surface area (Å²) in [6.07, 6.45) is 2.59. The van der Waals surface area contributed by atoms with Crippen LogP contribution in [0.15, 0.2) is 30.2 Å². The minimum absolute atomic E-state index is 0.214. The standard InChI is InChI=1S/C19H16FN5O2/c1-10-6-16(27-3)23-11(2)17(10)24-19(26)15(20)7-12-4-5-13-9-22-25-18(13)14(12)8-21/h4-7,9H,1-3H3,(H,22,25)(H,24,26)/b15-7-. The van der Waals surface area contributed by atoms with Crippen molar-refractivity contribution in [1.29, 1.82) is 5.26 Å². The number of carbonyl (C=O) groups excluding carboxylic acids is 1. The maximum absolute atomic E-state index is 14.5. The van der Waals surface area contributed by atoms with E-state index in [4.69, 9.17) is 4.74 Å². The van der Waals surface area contributed by atoms with Crippen LogP contribution in [0.5, 0.6) is 5.88 Å².